The van der Waals surface area contributed by atoms with E-state index in [-0.39, 0.29) is 29.7 Å². The van der Waals surface area contributed by atoms with Gasteiger partial charge in [0.25, 0.3) is 5.56 Å². The van der Waals surface area contributed by atoms with E-state index in [0.29, 0.717) is 39.1 Å². The summed E-state index contributed by atoms with van der Waals surface area (Å²) in [4.78, 5) is 26.9. The van der Waals surface area contributed by atoms with Gasteiger partial charge in [0.15, 0.2) is 11.5 Å². The van der Waals surface area contributed by atoms with Gasteiger partial charge in [0.1, 0.15) is 5.69 Å². The van der Waals surface area contributed by atoms with Gasteiger partial charge in [-0.05, 0) is 55.1 Å². The normalized spacial score (nSPS) is 13.8. The first-order chi connectivity index (χ1) is 16.0. The predicted octanol–water partition coefficient (Wildman–Crippen LogP) is 3.83. The van der Waals surface area contributed by atoms with Gasteiger partial charge in [0.2, 0.25) is 5.75 Å². The van der Waals surface area contributed by atoms with E-state index in [2.05, 4.69) is 5.32 Å². The summed E-state index contributed by atoms with van der Waals surface area (Å²) < 4.78 is 23.4. The Morgan fingerprint density at radius 1 is 0.941 bits per heavy atom. The van der Waals surface area contributed by atoms with Gasteiger partial charge in [-0.2, -0.15) is 0 Å². The van der Waals surface area contributed by atoms with Crippen LogP contribution in [0.25, 0.3) is 21.9 Å². The molecular formula is C25H29ClN2O6. The number of ether oxygens (including phenoxy) is 4. The van der Waals surface area contributed by atoms with Crippen molar-refractivity contribution in [3.8, 4) is 28.4 Å². The summed E-state index contributed by atoms with van der Waals surface area (Å²) in [7, 11) is 5.94. The van der Waals surface area contributed by atoms with Crippen LogP contribution >= 0.6 is 12.4 Å². The van der Waals surface area contributed by atoms with Crippen LogP contribution in [0, 0.1) is 0 Å². The second kappa shape index (κ2) is 10.8. The SMILES string of the molecule is COC(=O)c1c(-c2cc(OC)c(OC)c(OC)c2)c2ccccc2c(=O)n1C1CCNCC1.Cl. The number of carbonyl (C=O) groups is 1. The lowest BCUT2D eigenvalue weighted by Crippen LogP contribution is -2.37. The third-order valence-corrected chi connectivity index (χ3v) is 6.13. The molecule has 0 unspecified atom stereocenters. The molecule has 8 nitrogen and oxygen atoms in total. The van der Waals surface area contributed by atoms with Crippen LogP contribution in [0.1, 0.15) is 29.4 Å². The van der Waals surface area contributed by atoms with Crippen molar-refractivity contribution in [3.05, 3.63) is 52.4 Å². The number of hydrogen-bond donors (Lipinski definition) is 1. The molecule has 0 saturated carbocycles. The van der Waals surface area contributed by atoms with Crippen LogP contribution in [0.4, 0.5) is 0 Å². The average Bonchev–Trinajstić information content (AvgIpc) is 2.87. The van der Waals surface area contributed by atoms with Crippen molar-refractivity contribution >= 4 is 29.1 Å². The van der Waals surface area contributed by atoms with E-state index in [1.165, 1.54) is 28.4 Å². The number of hydrogen-bond acceptors (Lipinski definition) is 7. The third kappa shape index (κ3) is 4.31. The minimum Gasteiger partial charge on any atom is -0.493 e. The summed E-state index contributed by atoms with van der Waals surface area (Å²) in [6.45, 7) is 1.54. The first-order valence-electron chi connectivity index (χ1n) is 10.8. The smallest absolute Gasteiger partial charge is 0.355 e. The standard InChI is InChI=1S/C25H28N2O6.ClH/c1-30-19-13-15(14-20(31-2)23(19)32-3)21-17-7-5-6-8-18(17)24(28)27(22(21)25(29)33-4)16-9-11-26-12-10-16;/h5-8,13-14,16,26H,9-12H2,1-4H3;1H. The Hall–Kier alpha value is -3.23. The lowest BCUT2D eigenvalue weighted by molar-refractivity contribution is 0.0583. The monoisotopic (exact) mass is 488 g/mol. The van der Waals surface area contributed by atoms with E-state index >= 15 is 0 Å². The van der Waals surface area contributed by atoms with Crippen LogP contribution in [-0.4, -0.2) is 52.1 Å². The minimum absolute atomic E-state index is 0. The van der Waals surface area contributed by atoms with Crippen LogP contribution < -0.4 is 25.1 Å². The summed E-state index contributed by atoms with van der Waals surface area (Å²) in [6.07, 6.45) is 1.47. The molecule has 1 aliphatic heterocycles. The molecule has 34 heavy (non-hydrogen) atoms. The summed E-state index contributed by atoms with van der Waals surface area (Å²) in [6, 6.07) is 10.7. The maximum absolute atomic E-state index is 13.7. The zero-order valence-corrected chi connectivity index (χ0v) is 20.5. The maximum Gasteiger partial charge on any atom is 0.355 e. The van der Waals surface area contributed by atoms with Crippen molar-refractivity contribution in [2.45, 2.75) is 18.9 Å². The van der Waals surface area contributed by atoms with Gasteiger partial charge in [-0.25, -0.2) is 4.79 Å². The zero-order valence-electron chi connectivity index (χ0n) is 19.7. The van der Waals surface area contributed by atoms with Crippen molar-refractivity contribution in [2.24, 2.45) is 0 Å². The second-order valence-electron chi connectivity index (χ2n) is 7.83. The molecule has 1 saturated heterocycles. The van der Waals surface area contributed by atoms with Crippen LogP contribution in [-0.2, 0) is 4.74 Å². The Bertz CT molecular complexity index is 1230. The molecule has 1 aliphatic rings. The molecule has 0 radical (unpaired) electrons. The van der Waals surface area contributed by atoms with Crippen molar-refractivity contribution in [1.82, 2.24) is 9.88 Å². The van der Waals surface area contributed by atoms with E-state index < -0.39 is 5.97 Å². The molecule has 1 fully saturated rings. The number of pyridine rings is 1. The molecule has 182 valence electrons. The summed E-state index contributed by atoms with van der Waals surface area (Å²) in [5, 5.41) is 4.50. The minimum atomic E-state index is -0.569. The highest BCUT2D eigenvalue weighted by molar-refractivity contribution is 6.07. The largest absolute Gasteiger partial charge is 0.493 e. The van der Waals surface area contributed by atoms with E-state index in [0.717, 1.165) is 25.9 Å². The number of nitrogens with one attached hydrogen (secondary N) is 1. The van der Waals surface area contributed by atoms with Crippen LogP contribution in [0.3, 0.4) is 0 Å². The van der Waals surface area contributed by atoms with E-state index in [1.54, 1.807) is 22.8 Å². The Labute approximate surface area is 204 Å². The highest BCUT2D eigenvalue weighted by Crippen LogP contribution is 2.43. The summed E-state index contributed by atoms with van der Waals surface area (Å²) in [5.74, 6) is 0.775. The topological polar surface area (TPSA) is 88.0 Å². The number of carbonyl (C=O) groups excluding carboxylic acids is 1. The second-order valence-corrected chi connectivity index (χ2v) is 7.83. The molecule has 0 spiro atoms. The highest BCUT2D eigenvalue weighted by atomic mass is 35.5. The number of piperidine rings is 1. The first-order valence-corrected chi connectivity index (χ1v) is 10.8. The van der Waals surface area contributed by atoms with Gasteiger partial charge < -0.3 is 24.3 Å². The number of benzene rings is 2. The molecule has 0 amide bonds. The average molecular weight is 489 g/mol. The van der Waals surface area contributed by atoms with Crippen LogP contribution in [0.5, 0.6) is 17.2 Å². The first kappa shape index (κ1) is 25.4. The number of fused-ring (bicyclic) bond motifs is 1. The van der Waals surface area contributed by atoms with Crippen molar-refractivity contribution in [2.75, 3.05) is 41.5 Å². The number of halogens is 1. The van der Waals surface area contributed by atoms with Crippen molar-refractivity contribution < 1.29 is 23.7 Å². The third-order valence-electron chi connectivity index (χ3n) is 6.13. The molecule has 4 rings (SSSR count). The number of methoxy groups -OCH3 is 4. The molecule has 1 N–H and O–H groups in total. The van der Waals surface area contributed by atoms with Gasteiger partial charge in [0.05, 0.1) is 28.4 Å². The fourth-order valence-corrected chi connectivity index (χ4v) is 4.59. The predicted molar refractivity (Wildman–Crippen MR) is 133 cm³/mol. The van der Waals surface area contributed by atoms with Crippen LogP contribution in [0.15, 0.2) is 41.2 Å². The van der Waals surface area contributed by atoms with Gasteiger partial charge in [-0.15, -0.1) is 12.4 Å². The fraction of sp³-hybridized carbons (Fsp3) is 0.360. The number of esters is 1. The quantitative estimate of drug-likeness (QED) is 0.527. The Morgan fingerprint density at radius 3 is 2.06 bits per heavy atom. The molecule has 3 aromatic rings. The number of rotatable bonds is 6. The molecule has 1 aromatic heterocycles. The number of nitrogens with zero attached hydrogens (tertiary/aromatic N) is 1. The van der Waals surface area contributed by atoms with Crippen molar-refractivity contribution in [1.29, 1.82) is 0 Å². The fourth-order valence-electron chi connectivity index (χ4n) is 4.59. The molecule has 2 heterocycles. The zero-order chi connectivity index (χ0) is 23.5. The van der Waals surface area contributed by atoms with Crippen molar-refractivity contribution in [3.63, 3.8) is 0 Å². The van der Waals surface area contributed by atoms with Crippen LogP contribution in [0.2, 0.25) is 0 Å². The molecule has 9 heteroatoms. The lowest BCUT2D eigenvalue weighted by atomic mass is 9.94. The lowest BCUT2D eigenvalue weighted by Gasteiger charge is -2.28. The molecule has 2 aromatic carbocycles. The number of aromatic nitrogens is 1. The van der Waals surface area contributed by atoms with Gasteiger partial charge in [0, 0.05) is 17.0 Å². The highest BCUT2D eigenvalue weighted by Gasteiger charge is 2.29. The molecule has 0 atom stereocenters. The Balaban J connectivity index is 0.00000324. The summed E-state index contributed by atoms with van der Waals surface area (Å²) in [5.41, 5.74) is 1.27. The molecule has 0 aliphatic carbocycles. The van der Waals surface area contributed by atoms with E-state index in [1.807, 2.05) is 18.2 Å². The van der Waals surface area contributed by atoms with Gasteiger partial charge in [-0.3, -0.25) is 9.36 Å². The van der Waals surface area contributed by atoms with E-state index in [4.69, 9.17) is 18.9 Å². The summed E-state index contributed by atoms with van der Waals surface area (Å²) >= 11 is 0. The Kier molecular flexibility index (Phi) is 8.06. The van der Waals surface area contributed by atoms with Gasteiger partial charge in [-0.1, -0.05) is 18.2 Å². The molecular weight excluding hydrogens is 460 g/mol. The van der Waals surface area contributed by atoms with Gasteiger partial charge >= 0.3 is 5.97 Å². The van der Waals surface area contributed by atoms with E-state index in [9.17, 15) is 9.59 Å². The maximum atomic E-state index is 13.7. The molecule has 0 bridgehead atoms. The Morgan fingerprint density at radius 2 is 1.53 bits per heavy atom.